The molecule has 3 aliphatic rings. The van der Waals surface area contributed by atoms with Crippen LogP contribution in [0.2, 0.25) is 0 Å². The molecule has 5 rings (SSSR count). The van der Waals surface area contributed by atoms with Gasteiger partial charge in [0.1, 0.15) is 0 Å². The van der Waals surface area contributed by atoms with Crippen LogP contribution in [-0.4, -0.2) is 51.1 Å². The van der Waals surface area contributed by atoms with Gasteiger partial charge >= 0.3 is 0 Å². The second kappa shape index (κ2) is 8.19. The lowest BCUT2D eigenvalue weighted by Gasteiger charge is -2.40. The van der Waals surface area contributed by atoms with E-state index < -0.39 is 0 Å². The molecule has 0 amide bonds. The lowest BCUT2D eigenvalue weighted by Crippen LogP contribution is -2.43. The number of rotatable bonds is 7. The minimum Gasteiger partial charge on any atom is -0.381 e. The Morgan fingerprint density at radius 1 is 1.14 bits per heavy atom. The lowest BCUT2D eigenvalue weighted by molar-refractivity contribution is 0.0778. The van der Waals surface area contributed by atoms with Crippen LogP contribution in [0.25, 0.3) is 0 Å². The van der Waals surface area contributed by atoms with Crippen molar-refractivity contribution in [3.05, 3.63) is 29.7 Å². The Labute approximate surface area is 172 Å². The van der Waals surface area contributed by atoms with Crippen LogP contribution in [0.4, 0.5) is 0 Å². The molecule has 3 fully saturated rings. The highest BCUT2D eigenvalue weighted by atomic mass is 16.5. The van der Waals surface area contributed by atoms with E-state index in [9.17, 15) is 0 Å². The molecule has 1 aliphatic carbocycles. The average Bonchev–Trinajstić information content (AvgIpc) is 3.24. The van der Waals surface area contributed by atoms with E-state index in [0.29, 0.717) is 5.92 Å². The van der Waals surface area contributed by atoms with Crippen molar-refractivity contribution in [1.29, 1.82) is 0 Å². The molecule has 7 heteroatoms. The van der Waals surface area contributed by atoms with Gasteiger partial charge in [0.2, 0.25) is 5.89 Å². The summed E-state index contributed by atoms with van der Waals surface area (Å²) in [4.78, 5) is 7.53. The van der Waals surface area contributed by atoms with Gasteiger partial charge in [0.05, 0.1) is 6.20 Å². The van der Waals surface area contributed by atoms with Gasteiger partial charge in [-0.3, -0.25) is 9.58 Å². The smallest absolute Gasteiger partial charge is 0.229 e. The number of hydrogen-bond donors (Lipinski definition) is 0. The van der Waals surface area contributed by atoms with Gasteiger partial charge in [0, 0.05) is 49.4 Å². The van der Waals surface area contributed by atoms with Crippen molar-refractivity contribution in [1.82, 2.24) is 24.8 Å². The largest absolute Gasteiger partial charge is 0.381 e. The second-order valence-corrected chi connectivity index (χ2v) is 9.25. The monoisotopic (exact) mass is 399 g/mol. The molecule has 0 radical (unpaired) electrons. The van der Waals surface area contributed by atoms with E-state index in [1.165, 1.54) is 24.8 Å². The van der Waals surface area contributed by atoms with Gasteiger partial charge < -0.3 is 9.26 Å². The maximum absolute atomic E-state index is 5.78. The molecule has 158 valence electrons. The maximum Gasteiger partial charge on any atom is 0.229 e. The van der Waals surface area contributed by atoms with Crippen molar-refractivity contribution < 1.29 is 9.26 Å². The summed E-state index contributed by atoms with van der Waals surface area (Å²) < 4.78 is 13.3. The highest BCUT2D eigenvalue weighted by molar-refractivity contribution is 5.13. The molecular formula is C22H33N5O2. The molecule has 0 aromatic carbocycles. The molecule has 0 bridgehead atoms. The van der Waals surface area contributed by atoms with E-state index in [1.807, 2.05) is 10.9 Å². The SMILES string of the molecule is CCn1cc(CN2CCC(CC3CC3)(c3noc(C4CCOCC4)n3)CC2)cn1. The molecule has 2 saturated heterocycles. The fraction of sp³-hybridized carbons (Fsp3) is 0.773. The van der Waals surface area contributed by atoms with E-state index in [-0.39, 0.29) is 5.41 Å². The number of aryl methyl sites for hydroxylation is 1. The predicted octanol–water partition coefficient (Wildman–Crippen LogP) is 3.51. The molecule has 29 heavy (non-hydrogen) atoms. The first-order valence-corrected chi connectivity index (χ1v) is 11.4. The van der Waals surface area contributed by atoms with Crippen molar-refractivity contribution in [2.75, 3.05) is 26.3 Å². The first kappa shape index (κ1) is 19.2. The average molecular weight is 400 g/mol. The van der Waals surface area contributed by atoms with Crippen LogP contribution < -0.4 is 0 Å². The molecule has 0 N–H and O–H groups in total. The Morgan fingerprint density at radius 2 is 1.93 bits per heavy atom. The van der Waals surface area contributed by atoms with Crippen LogP contribution in [0, 0.1) is 5.92 Å². The molecule has 7 nitrogen and oxygen atoms in total. The Kier molecular flexibility index (Phi) is 5.43. The molecule has 1 saturated carbocycles. The number of aromatic nitrogens is 4. The molecular weight excluding hydrogens is 366 g/mol. The number of likely N-dealkylation sites (tertiary alicyclic amines) is 1. The van der Waals surface area contributed by atoms with Gasteiger partial charge in [-0.1, -0.05) is 18.0 Å². The Bertz CT molecular complexity index is 798. The molecule has 0 spiro atoms. The van der Waals surface area contributed by atoms with Crippen molar-refractivity contribution >= 4 is 0 Å². The number of ether oxygens (including phenoxy) is 1. The number of hydrogen-bond acceptors (Lipinski definition) is 6. The van der Waals surface area contributed by atoms with Crippen molar-refractivity contribution in [3.8, 4) is 0 Å². The Morgan fingerprint density at radius 3 is 2.62 bits per heavy atom. The summed E-state index contributed by atoms with van der Waals surface area (Å²) in [5.74, 6) is 3.05. The zero-order valence-corrected chi connectivity index (χ0v) is 17.6. The normalized spacial score (nSPS) is 23.5. The Balaban J connectivity index is 1.27. The molecule has 2 aromatic heterocycles. The standard InChI is InChI=1S/C22H33N5O2/c1-2-27-16-18(14-23-27)15-26-9-7-22(8-10-26,13-17-3-4-17)21-24-20(29-25-21)19-5-11-28-12-6-19/h14,16-17,19H,2-13,15H2,1H3. The third-order valence-electron chi connectivity index (χ3n) is 7.09. The second-order valence-electron chi connectivity index (χ2n) is 9.25. The minimum absolute atomic E-state index is 0.0954. The summed E-state index contributed by atoms with van der Waals surface area (Å²) in [5.41, 5.74) is 1.40. The minimum atomic E-state index is 0.0954. The highest BCUT2D eigenvalue weighted by Gasteiger charge is 2.44. The van der Waals surface area contributed by atoms with E-state index >= 15 is 0 Å². The van der Waals surface area contributed by atoms with Crippen LogP contribution in [0.5, 0.6) is 0 Å². The van der Waals surface area contributed by atoms with E-state index in [0.717, 1.165) is 82.7 Å². The molecule has 2 aromatic rings. The quantitative estimate of drug-likeness (QED) is 0.710. The van der Waals surface area contributed by atoms with Crippen LogP contribution >= 0.6 is 0 Å². The molecule has 2 aliphatic heterocycles. The van der Waals surface area contributed by atoms with Crippen LogP contribution in [0.15, 0.2) is 16.9 Å². The van der Waals surface area contributed by atoms with Crippen molar-refractivity contribution in [2.45, 2.75) is 76.3 Å². The summed E-state index contributed by atoms with van der Waals surface area (Å²) in [6.45, 7) is 7.83. The third kappa shape index (κ3) is 4.26. The summed E-state index contributed by atoms with van der Waals surface area (Å²) in [5, 5.41) is 8.95. The highest BCUT2D eigenvalue weighted by Crippen LogP contribution is 2.47. The van der Waals surface area contributed by atoms with Crippen LogP contribution in [0.1, 0.15) is 75.1 Å². The van der Waals surface area contributed by atoms with Gasteiger partial charge in [-0.2, -0.15) is 10.1 Å². The molecule has 0 atom stereocenters. The molecule has 4 heterocycles. The van der Waals surface area contributed by atoms with Crippen LogP contribution in [0.3, 0.4) is 0 Å². The third-order valence-corrected chi connectivity index (χ3v) is 7.09. The zero-order chi connectivity index (χ0) is 19.7. The van der Waals surface area contributed by atoms with E-state index in [4.69, 9.17) is 14.2 Å². The zero-order valence-electron chi connectivity index (χ0n) is 17.6. The first-order chi connectivity index (χ1) is 14.2. The topological polar surface area (TPSA) is 69.2 Å². The van der Waals surface area contributed by atoms with Gasteiger partial charge in [-0.15, -0.1) is 0 Å². The summed E-state index contributed by atoms with van der Waals surface area (Å²) in [6.07, 6.45) is 12.4. The summed E-state index contributed by atoms with van der Waals surface area (Å²) >= 11 is 0. The Hall–Kier alpha value is -1.73. The van der Waals surface area contributed by atoms with E-state index in [1.54, 1.807) is 0 Å². The fourth-order valence-electron chi connectivity index (χ4n) is 5.01. The summed E-state index contributed by atoms with van der Waals surface area (Å²) in [6, 6.07) is 0. The van der Waals surface area contributed by atoms with Gasteiger partial charge in [0.15, 0.2) is 5.82 Å². The first-order valence-electron chi connectivity index (χ1n) is 11.4. The maximum atomic E-state index is 5.78. The fourth-order valence-corrected chi connectivity index (χ4v) is 5.01. The van der Waals surface area contributed by atoms with Crippen molar-refractivity contribution in [3.63, 3.8) is 0 Å². The lowest BCUT2D eigenvalue weighted by atomic mass is 9.73. The van der Waals surface area contributed by atoms with Crippen molar-refractivity contribution in [2.24, 2.45) is 5.92 Å². The van der Waals surface area contributed by atoms with Gasteiger partial charge in [-0.05, 0) is 58.0 Å². The number of nitrogens with zero attached hydrogens (tertiary/aromatic N) is 5. The van der Waals surface area contributed by atoms with Gasteiger partial charge in [-0.25, -0.2) is 0 Å². The molecule has 0 unspecified atom stereocenters. The summed E-state index contributed by atoms with van der Waals surface area (Å²) in [7, 11) is 0. The van der Waals surface area contributed by atoms with Gasteiger partial charge in [0.25, 0.3) is 0 Å². The van der Waals surface area contributed by atoms with Crippen LogP contribution in [-0.2, 0) is 23.2 Å². The number of piperidine rings is 1. The predicted molar refractivity (Wildman–Crippen MR) is 109 cm³/mol. The van der Waals surface area contributed by atoms with E-state index in [2.05, 4.69) is 28.3 Å².